The van der Waals surface area contributed by atoms with Crippen molar-refractivity contribution in [3.63, 3.8) is 0 Å². The van der Waals surface area contributed by atoms with E-state index in [0.29, 0.717) is 29.3 Å². The van der Waals surface area contributed by atoms with Gasteiger partial charge in [0.1, 0.15) is 11.4 Å². The van der Waals surface area contributed by atoms with E-state index in [1.165, 1.54) is 49.3 Å². The number of nitrogens with one attached hydrogen (secondary N) is 1. The Morgan fingerprint density at radius 3 is 2.91 bits per heavy atom. The molecule has 6 aliphatic rings. The number of hydrogen-bond donors (Lipinski definition) is 2. The van der Waals surface area contributed by atoms with Crippen LogP contribution in [0.1, 0.15) is 60.1 Å². The van der Waals surface area contributed by atoms with Gasteiger partial charge < -0.3 is 15.0 Å². The maximum Gasteiger partial charge on any atom is 0.274 e. The zero-order valence-corrected chi connectivity index (χ0v) is 19.9. The van der Waals surface area contributed by atoms with Crippen molar-refractivity contribution in [1.82, 2.24) is 19.8 Å². The topological polar surface area (TPSA) is 89.5 Å². The van der Waals surface area contributed by atoms with Gasteiger partial charge in [0.15, 0.2) is 0 Å². The number of piperidine rings is 1. The third-order valence-corrected chi connectivity index (χ3v) is 10.9. The molecule has 2 aromatic rings. The van der Waals surface area contributed by atoms with E-state index < -0.39 is 0 Å². The summed E-state index contributed by atoms with van der Waals surface area (Å²) in [5.74, 6) is 2.10. The highest BCUT2D eigenvalue weighted by molar-refractivity contribution is 5.92. The van der Waals surface area contributed by atoms with Gasteiger partial charge in [-0.05, 0) is 97.9 Å². The minimum atomic E-state index is -0.288. The van der Waals surface area contributed by atoms with E-state index in [-0.39, 0.29) is 28.3 Å². The lowest BCUT2D eigenvalue weighted by molar-refractivity contribution is -0.102. The fourth-order valence-corrected chi connectivity index (χ4v) is 9.78. The number of fused-ring (bicyclic) bond motifs is 1. The van der Waals surface area contributed by atoms with Crippen LogP contribution in [0.3, 0.4) is 0 Å². The zero-order valence-electron chi connectivity index (χ0n) is 19.9. The maximum absolute atomic E-state index is 13.6. The van der Waals surface area contributed by atoms with Crippen molar-refractivity contribution in [2.24, 2.45) is 23.2 Å². The van der Waals surface area contributed by atoms with Crippen molar-refractivity contribution >= 4 is 5.91 Å². The number of amides is 1. The van der Waals surface area contributed by atoms with E-state index in [1.807, 2.05) is 6.07 Å². The first-order valence-electron chi connectivity index (χ1n) is 13.4. The number of H-pyrrole nitrogens is 1. The highest BCUT2D eigenvalue weighted by Gasteiger charge is 2.76. The van der Waals surface area contributed by atoms with Crippen molar-refractivity contribution in [3.8, 4) is 5.75 Å². The Kier molecular flexibility index (Phi) is 3.96. The average molecular weight is 473 g/mol. The second-order valence-corrected chi connectivity index (χ2v) is 12.2. The molecule has 5 unspecified atom stereocenters. The number of hydrogen-bond acceptors (Lipinski definition) is 5. The quantitative estimate of drug-likeness (QED) is 0.717. The van der Waals surface area contributed by atoms with E-state index in [4.69, 9.17) is 0 Å². The summed E-state index contributed by atoms with van der Waals surface area (Å²) in [7, 11) is 0. The summed E-state index contributed by atoms with van der Waals surface area (Å²) in [5.41, 5.74) is 3.12. The van der Waals surface area contributed by atoms with Gasteiger partial charge in [0.25, 0.3) is 11.5 Å². The van der Waals surface area contributed by atoms with Gasteiger partial charge in [-0.1, -0.05) is 6.07 Å². The van der Waals surface area contributed by atoms with Gasteiger partial charge in [-0.15, -0.1) is 0 Å². The van der Waals surface area contributed by atoms with Gasteiger partial charge in [0.2, 0.25) is 0 Å². The fourth-order valence-electron chi connectivity index (χ4n) is 9.78. The molecule has 4 bridgehead atoms. The number of carbonyl (C=O) groups is 1. The lowest BCUT2D eigenvalue weighted by Crippen LogP contribution is -2.69. The molecule has 0 radical (unpaired) electrons. The number of aromatic nitrogens is 2. The Morgan fingerprint density at radius 1 is 1.23 bits per heavy atom. The van der Waals surface area contributed by atoms with Gasteiger partial charge in [-0.3, -0.25) is 14.5 Å². The summed E-state index contributed by atoms with van der Waals surface area (Å²) in [5, 5.41) is 10.6. The van der Waals surface area contributed by atoms with Crippen LogP contribution in [0.2, 0.25) is 0 Å². The number of aromatic hydroxyl groups is 1. The molecule has 4 aliphatic carbocycles. The molecule has 1 aromatic heterocycles. The second kappa shape index (κ2) is 6.75. The standard InChI is InChI=1S/C28H32N4O3/c33-19-4-3-17-9-23-27-6-5-22-25(28(27,20(17)10-19)7-8-31(23)14-16-1-2-16)18(11-27)15-32(22)26(35)21-12-30-24(34)13-29-21/h3-4,10,12-13,16,18,22-23,25,33H,1-2,5-9,11,14-15H2,(H,30,34)/t18-,22?,23?,25?,27?,28?/m1/s1. The molecule has 7 nitrogen and oxygen atoms in total. The first-order valence-corrected chi connectivity index (χ1v) is 13.4. The molecular formula is C28H32N4O3. The summed E-state index contributed by atoms with van der Waals surface area (Å²) < 4.78 is 0. The number of rotatable bonds is 3. The van der Waals surface area contributed by atoms with Crippen LogP contribution in [-0.4, -0.2) is 62.5 Å². The molecular weight excluding hydrogens is 440 g/mol. The highest BCUT2D eigenvalue weighted by Crippen LogP contribution is 2.75. The van der Waals surface area contributed by atoms with Crippen LogP contribution >= 0.6 is 0 Å². The van der Waals surface area contributed by atoms with E-state index in [9.17, 15) is 14.7 Å². The fraction of sp³-hybridized carbons (Fsp3) is 0.607. The van der Waals surface area contributed by atoms with Crippen molar-refractivity contribution in [3.05, 3.63) is 57.8 Å². The van der Waals surface area contributed by atoms with Crippen molar-refractivity contribution in [1.29, 1.82) is 0 Å². The number of likely N-dealkylation sites (tertiary alicyclic amines) is 2. The average Bonchev–Trinajstić information content (AvgIpc) is 3.54. The smallest absolute Gasteiger partial charge is 0.274 e. The van der Waals surface area contributed by atoms with Crippen LogP contribution in [-0.2, 0) is 11.8 Å². The Morgan fingerprint density at radius 2 is 2.11 bits per heavy atom. The number of aromatic amines is 1. The summed E-state index contributed by atoms with van der Waals surface area (Å²) in [6, 6.07) is 6.89. The van der Waals surface area contributed by atoms with E-state index >= 15 is 0 Å². The third kappa shape index (κ3) is 2.52. The number of phenolic OH excluding ortho intramolecular Hbond substituents is 1. The molecule has 2 saturated heterocycles. The monoisotopic (exact) mass is 472 g/mol. The molecule has 2 N–H and O–H groups in total. The Bertz CT molecular complexity index is 1280. The molecule has 1 aromatic carbocycles. The number of nitrogens with zero attached hydrogens (tertiary/aromatic N) is 3. The van der Waals surface area contributed by atoms with E-state index in [1.54, 1.807) is 0 Å². The lowest BCUT2D eigenvalue weighted by Gasteiger charge is -2.66. The Balaban J connectivity index is 1.24. The SMILES string of the molecule is O=C(c1c[nH]c(=O)cn1)N1C[C@H]2CC34CCC1C2C31CCN(CC2CC2)C4Cc2ccc(O)cc21. The predicted octanol–water partition coefficient (Wildman–Crippen LogP) is 2.69. The van der Waals surface area contributed by atoms with E-state index in [0.717, 1.165) is 44.7 Å². The molecule has 7 heteroatoms. The van der Waals surface area contributed by atoms with Gasteiger partial charge in [0.05, 0.1) is 6.20 Å². The first kappa shape index (κ1) is 20.5. The molecule has 5 fully saturated rings. The number of benzene rings is 1. The number of phenols is 1. The summed E-state index contributed by atoms with van der Waals surface area (Å²) >= 11 is 0. The largest absolute Gasteiger partial charge is 0.508 e. The zero-order chi connectivity index (χ0) is 23.5. The molecule has 6 atom stereocenters. The van der Waals surface area contributed by atoms with Crippen LogP contribution in [0.15, 0.2) is 35.4 Å². The van der Waals surface area contributed by atoms with Gasteiger partial charge in [0, 0.05) is 36.8 Å². The van der Waals surface area contributed by atoms with Gasteiger partial charge in [-0.25, -0.2) is 4.98 Å². The van der Waals surface area contributed by atoms with Crippen molar-refractivity contribution in [2.45, 2.75) is 62.4 Å². The summed E-state index contributed by atoms with van der Waals surface area (Å²) in [4.78, 5) is 36.8. The molecule has 3 heterocycles. The molecule has 0 spiro atoms. The van der Waals surface area contributed by atoms with Gasteiger partial charge in [-0.2, -0.15) is 0 Å². The Hall–Kier alpha value is -2.67. The second-order valence-electron chi connectivity index (χ2n) is 12.2. The molecule has 8 rings (SSSR count). The van der Waals surface area contributed by atoms with Crippen molar-refractivity contribution in [2.75, 3.05) is 19.6 Å². The lowest BCUT2D eigenvalue weighted by atomic mass is 9.43. The van der Waals surface area contributed by atoms with Crippen LogP contribution in [0.5, 0.6) is 5.75 Å². The normalized spacial score (nSPS) is 38.8. The molecule has 35 heavy (non-hydrogen) atoms. The minimum Gasteiger partial charge on any atom is -0.508 e. The van der Waals surface area contributed by atoms with Crippen LogP contribution in [0.4, 0.5) is 0 Å². The third-order valence-electron chi connectivity index (χ3n) is 10.9. The van der Waals surface area contributed by atoms with Crippen LogP contribution in [0.25, 0.3) is 0 Å². The van der Waals surface area contributed by atoms with Gasteiger partial charge >= 0.3 is 0 Å². The number of carbonyl (C=O) groups excluding carboxylic acids is 1. The molecule has 1 amide bonds. The van der Waals surface area contributed by atoms with Crippen LogP contribution < -0.4 is 5.56 Å². The summed E-state index contributed by atoms with van der Waals surface area (Å²) in [6.45, 7) is 3.16. The maximum atomic E-state index is 13.6. The van der Waals surface area contributed by atoms with Crippen molar-refractivity contribution < 1.29 is 9.90 Å². The molecule has 182 valence electrons. The van der Waals surface area contributed by atoms with E-state index in [2.05, 4.69) is 31.9 Å². The minimum absolute atomic E-state index is 0.0328. The molecule has 2 aliphatic heterocycles. The molecule has 3 saturated carbocycles. The Labute approximate surface area is 204 Å². The van der Waals surface area contributed by atoms with Crippen LogP contribution in [0, 0.1) is 23.2 Å². The predicted molar refractivity (Wildman–Crippen MR) is 129 cm³/mol. The highest BCUT2D eigenvalue weighted by atomic mass is 16.3. The first-order chi connectivity index (χ1) is 17.0. The summed E-state index contributed by atoms with van der Waals surface area (Å²) in [6.07, 6.45) is 11.0.